The Labute approximate surface area is 124 Å². The van der Waals surface area contributed by atoms with Crippen LogP contribution >= 0.6 is 22.7 Å². The largest absolute Gasteiger partial charge is 0.302 e. The number of aryl methyl sites for hydroxylation is 2. The average molecular weight is 303 g/mol. The van der Waals surface area contributed by atoms with Crippen LogP contribution in [0.4, 0.5) is 5.13 Å². The number of nitrogens with one attached hydrogen (secondary N) is 1. The zero-order valence-electron chi connectivity index (χ0n) is 11.1. The average Bonchev–Trinajstić information content (AvgIpc) is 2.96. The molecule has 0 aliphatic rings. The molecule has 2 heterocycles. The van der Waals surface area contributed by atoms with E-state index in [-0.39, 0.29) is 5.91 Å². The first-order valence-electron chi connectivity index (χ1n) is 6.19. The molecule has 1 N–H and O–H groups in total. The van der Waals surface area contributed by atoms with Crippen molar-refractivity contribution in [2.24, 2.45) is 0 Å². The smallest absolute Gasteiger partial charge is 0.232 e. The molecule has 0 unspecified atom stereocenters. The standard InChI is InChI=1S/C14H13N3OS2/c1-8-4-3-5-11-13(8)17-14(20-11)16-12(18)6-10-7-19-9(2)15-10/h3-5,7H,6H2,1-2H3,(H,16,17,18). The zero-order valence-corrected chi connectivity index (χ0v) is 12.8. The monoisotopic (exact) mass is 303 g/mol. The van der Waals surface area contributed by atoms with Crippen molar-refractivity contribution in [2.45, 2.75) is 20.3 Å². The number of carbonyl (C=O) groups excluding carboxylic acids is 1. The van der Waals surface area contributed by atoms with Crippen LogP contribution in [0.3, 0.4) is 0 Å². The summed E-state index contributed by atoms with van der Waals surface area (Å²) in [7, 11) is 0. The Morgan fingerprint density at radius 1 is 1.30 bits per heavy atom. The van der Waals surface area contributed by atoms with Crippen molar-refractivity contribution in [3.63, 3.8) is 0 Å². The van der Waals surface area contributed by atoms with E-state index in [4.69, 9.17) is 0 Å². The molecule has 0 aliphatic carbocycles. The van der Waals surface area contributed by atoms with Crippen LogP contribution in [0.15, 0.2) is 23.6 Å². The molecule has 0 saturated heterocycles. The van der Waals surface area contributed by atoms with Crippen LogP contribution in [0, 0.1) is 13.8 Å². The summed E-state index contributed by atoms with van der Waals surface area (Å²) in [5, 5.41) is 6.38. The Balaban J connectivity index is 1.75. The third-order valence-corrected chi connectivity index (χ3v) is 4.63. The molecule has 2 aromatic heterocycles. The second kappa shape index (κ2) is 5.30. The van der Waals surface area contributed by atoms with Gasteiger partial charge in [0.1, 0.15) is 0 Å². The minimum Gasteiger partial charge on any atom is -0.302 e. The Morgan fingerprint density at radius 2 is 2.15 bits per heavy atom. The van der Waals surface area contributed by atoms with E-state index in [1.54, 1.807) is 11.3 Å². The van der Waals surface area contributed by atoms with Crippen molar-refractivity contribution in [1.82, 2.24) is 9.97 Å². The number of aromatic nitrogens is 2. The number of hydrogen-bond donors (Lipinski definition) is 1. The van der Waals surface area contributed by atoms with Crippen LogP contribution in [0.5, 0.6) is 0 Å². The van der Waals surface area contributed by atoms with Crippen molar-refractivity contribution < 1.29 is 4.79 Å². The number of hydrogen-bond acceptors (Lipinski definition) is 5. The number of benzene rings is 1. The number of thiazole rings is 2. The lowest BCUT2D eigenvalue weighted by Crippen LogP contribution is -2.14. The van der Waals surface area contributed by atoms with Gasteiger partial charge in [0.15, 0.2) is 5.13 Å². The molecule has 0 aliphatic heterocycles. The summed E-state index contributed by atoms with van der Waals surface area (Å²) >= 11 is 3.05. The van der Waals surface area contributed by atoms with Crippen LogP contribution in [0.25, 0.3) is 10.2 Å². The molecule has 0 spiro atoms. The van der Waals surface area contributed by atoms with E-state index in [0.29, 0.717) is 11.6 Å². The van der Waals surface area contributed by atoms with Gasteiger partial charge >= 0.3 is 0 Å². The van der Waals surface area contributed by atoms with Gasteiger partial charge in [-0.2, -0.15) is 0 Å². The number of anilines is 1. The van der Waals surface area contributed by atoms with Crippen molar-refractivity contribution in [1.29, 1.82) is 0 Å². The fourth-order valence-corrected chi connectivity index (χ4v) is 3.53. The fraction of sp³-hybridized carbons (Fsp3) is 0.214. The SMILES string of the molecule is Cc1nc(CC(=O)Nc2nc3c(C)cccc3s2)cs1. The van der Waals surface area contributed by atoms with E-state index in [1.807, 2.05) is 37.4 Å². The van der Waals surface area contributed by atoms with Crippen LogP contribution < -0.4 is 5.32 Å². The predicted molar refractivity (Wildman–Crippen MR) is 83.5 cm³/mol. The first-order valence-corrected chi connectivity index (χ1v) is 7.88. The van der Waals surface area contributed by atoms with E-state index < -0.39 is 0 Å². The van der Waals surface area contributed by atoms with Gasteiger partial charge in [-0.3, -0.25) is 4.79 Å². The maximum absolute atomic E-state index is 12.0. The third kappa shape index (κ3) is 2.71. The zero-order chi connectivity index (χ0) is 14.1. The summed E-state index contributed by atoms with van der Waals surface area (Å²) in [6.45, 7) is 3.95. The number of rotatable bonds is 3. The van der Waals surface area contributed by atoms with E-state index in [0.717, 1.165) is 26.5 Å². The summed E-state index contributed by atoms with van der Waals surface area (Å²) < 4.78 is 1.09. The van der Waals surface area contributed by atoms with Gasteiger partial charge in [0.05, 0.1) is 27.3 Å². The number of amides is 1. The minimum atomic E-state index is -0.0768. The fourth-order valence-electron chi connectivity index (χ4n) is 1.96. The highest BCUT2D eigenvalue weighted by Gasteiger charge is 2.10. The van der Waals surface area contributed by atoms with Gasteiger partial charge < -0.3 is 5.32 Å². The Kier molecular flexibility index (Phi) is 3.50. The number of para-hydroxylation sites is 1. The van der Waals surface area contributed by atoms with Gasteiger partial charge in [0, 0.05) is 5.38 Å². The molecule has 20 heavy (non-hydrogen) atoms. The normalized spacial score (nSPS) is 10.9. The van der Waals surface area contributed by atoms with E-state index >= 15 is 0 Å². The van der Waals surface area contributed by atoms with Crippen molar-refractivity contribution >= 4 is 43.9 Å². The van der Waals surface area contributed by atoms with Crippen molar-refractivity contribution in [2.75, 3.05) is 5.32 Å². The van der Waals surface area contributed by atoms with E-state index in [2.05, 4.69) is 15.3 Å². The summed E-state index contributed by atoms with van der Waals surface area (Å²) in [5.41, 5.74) is 2.88. The molecule has 6 heteroatoms. The molecule has 3 aromatic rings. The highest BCUT2D eigenvalue weighted by atomic mass is 32.1. The molecule has 0 atom stereocenters. The van der Waals surface area contributed by atoms with E-state index in [1.165, 1.54) is 11.3 Å². The molecule has 0 radical (unpaired) electrons. The Hall–Kier alpha value is -1.79. The van der Waals surface area contributed by atoms with E-state index in [9.17, 15) is 4.79 Å². The first kappa shape index (κ1) is 13.2. The molecule has 4 nitrogen and oxygen atoms in total. The minimum absolute atomic E-state index is 0.0768. The molecule has 1 amide bonds. The topological polar surface area (TPSA) is 54.9 Å². The third-order valence-electron chi connectivity index (χ3n) is 2.88. The molecule has 0 fully saturated rings. The maximum atomic E-state index is 12.0. The Morgan fingerprint density at radius 3 is 2.85 bits per heavy atom. The second-order valence-corrected chi connectivity index (χ2v) is 6.62. The van der Waals surface area contributed by atoms with Gasteiger partial charge in [-0.15, -0.1) is 11.3 Å². The second-order valence-electron chi connectivity index (χ2n) is 4.52. The number of fused-ring (bicyclic) bond motifs is 1. The lowest BCUT2D eigenvalue weighted by molar-refractivity contribution is -0.115. The molecule has 1 aromatic carbocycles. The van der Waals surface area contributed by atoms with Gasteiger partial charge in [-0.25, -0.2) is 9.97 Å². The highest BCUT2D eigenvalue weighted by molar-refractivity contribution is 7.22. The number of carbonyl (C=O) groups is 1. The van der Waals surface area contributed by atoms with Gasteiger partial charge in [-0.1, -0.05) is 23.5 Å². The van der Waals surface area contributed by atoms with Crippen LogP contribution in [-0.4, -0.2) is 15.9 Å². The summed E-state index contributed by atoms with van der Waals surface area (Å²) in [5.74, 6) is -0.0768. The van der Waals surface area contributed by atoms with Crippen molar-refractivity contribution in [3.8, 4) is 0 Å². The quantitative estimate of drug-likeness (QED) is 0.805. The molecule has 3 rings (SSSR count). The molecule has 0 saturated carbocycles. The maximum Gasteiger partial charge on any atom is 0.232 e. The molecule has 102 valence electrons. The Bertz CT molecular complexity index is 776. The number of nitrogens with zero attached hydrogens (tertiary/aromatic N) is 2. The molecule has 0 bridgehead atoms. The van der Waals surface area contributed by atoms with Crippen LogP contribution in [-0.2, 0) is 11.2 Å². The predicted octanol–water partition coefficient (Wildman–Crippen LogP) is 3.55. The van der Waals surface area contributed by atoms with Crippen LogP contribution in [0.2, 0.25) is 0 Å². The van der Waals surface area contributed by atoms with Gasteiger partial charge in [-0.05, 0) is 25.5 Å². The summed E-state index contributed by atoms with van der Waals surface area (Å²) in [6, 6.07) is 6.03. The lowest BCUT2D eigenvalue weighted by atomic mass is 10.2. The summed E-state index contributed by atoms with van der Waals surface area (Å²) in [6.07, 6.45) is 0.291. The molecular formula is C14H13N3OS2. The molecular weight excluding hydrogens is 290 g/mol. The lowest BCUT2D eigenvalue weighted by Gasteiger charge is -1.98. The highest BCUT2D eigenvalue weighted by Crippen LogP contribution is 2.27. The van der Waals surface area contributed by atoms with Crippen molar-refractivity contribution in [3.05, 3.63) is 39.8 Å². The summed E-state index contributed by atoms with van der Waals surface area (Å²) in [4.78, 5) is 20.7. The first-order chi connectivity index (χ1) is 9.61. The van der Waals surface area contributed by atoms with Gasteiger partial charge in [0.2, 0.25) is 5.91 Å². The van der Waals surface area contributed by atoms with Gasteiger partial charge in [0.25, 0.3) is 0 Å². The van der Waals surface area contributed by atoms with Crippen LogP contribution in [0.1, 0.15) is 16.3 Å².